The first-order chi connectivity index (χ1) is 10.0. The number of fused-ring (bicyclic) bond motifs is 1. The lowest BCUT2D eigenvalue weighted by molar-refractivity contribution is -0.147. The van der Waals surface area contributed by atoms with Crippen molar-refractivity contribution < 1.29 is 14.3 Å². The number of amides is 2. The molecule has 3 fully saturated rings. The summed E-state index contributed by atoms with van der Waals surface area (Å²) in [5, 5.41) is 0. The fourth-order valence-corrected chi connectivity index (χ4v) is 3.93. The zero-order valence-corrected chi connectivity index (χ0v) is 12.9. The lowest BCUT2D eigenvalue weighted by Gasteiger charge is -2.43. The second-order valence-corrected chi connectivity index (χ2v) is 6.53. The van der Waals surface area contributed by atoms with E-state index < -0.39 is 5.41 Å². The zero-order valence-electron chi connectivity index (χ0n) is 12.0. The molecule has 3 rings (SSSR count). The van der Waals surface area contributed by atoms with Crippen LogP contribution in [0.2, 0.25) is 0 Å². The molecule has 0 aromatic rings. The Morgan fingerprint density at radius 1 is 1.33 bits per heavy atom. The van der Waals surface area contributed by atoms with Gasteiger partial charge < -0.3 is 20.3 Å². The van der Waals surface area contributed by atoms with Gasteiger partial charge in [-0.25, -0.2) is 0 Å². The monoisotopic (exact) mass is 311 g/mol. The molecule has 1 atom stereocenters. The number of hydrogen-bond donors (Lipinski definition) is 1. The highest BCUT2D eigenvalue weighted by Gasteiger charge is 2.47. The SMILES string of the molecule is NC(=S)C1(C(=O)N2CCN3C(=O)CCC3C2)CCOCC1. The van der Waals surface area contributed by atoms with Gasteiger partial charge in [-0.3, -0.25) is 9.59 Å². The van der Waals surface area contributed by atoms with Gasteiger partial charge in [-0.2, -0.15) is 0 Å². The Bertz CT molecular complexity index is 476. The van der Waals surface area contributed by atoms with Crippen LogP contribution in [0.15, 0.2) is 0 Å². The van der Waals surface area contributed by atoms with E-state index in [-0.39, 0.29) is 22.8 Å². The summed E-state index contributed by atoms with van der Waals surface area (Å²) in [5.41, 5.74) is 5.15. The minimum Gasteiger partial charge on any atom is -0.392 e. The summed E-state index contributed by atoms with van der Waals surface area (Å²) in [5.74, 6) is 0.236. The quantitative estimate of drug-likeness (QED) is 0.721. The Labute approximate surface area is 129 Å². The number of rotatable bonds is 2. The molecule has 116 valence electrons. The number of nitrogens with zero attached hydrogens (tertiary/aromatic N) is 2. The highest BCUT2D eigenvalue weighted by molar-refractivity contribution is 7.80. The van der Waals surface area contributed by atoms with Crippen molar-refractivity contribution in [3.63, 3.8) is 0 Å². The molecule has 3 saturated heterocycles. The molecule has 3 aliphatic heterocycles. The minimum absolute atomic E-state index is 0.0253. The molecule has 1 unspecified atom stereocenters. The number of hydrogen-bond acceptors (Lipinski definition) is 4. The third-order valence-electron chi connectivity index (χ3n) is 5.01. The van der Waals surface area contributed by atoms with Crippen LogP contribution in [0.4, 0.5) is 0 Å². The van der Waals surface area contributed by atoms with E-state index in [9.17, 15) is 9.59 Å². The molecular weight excluding hydrogens is 290 g/mol. The van der Waals surface area contributed by atoms with Gasteiger partial charge in [0.25, 0.3) is 0 Å². The third-order valence-corrected chi connectivity index (χ3v) is 5.40. The summed E-state index contributed by atoms with van der Waals surface area (Å²) in [6.07, 6.45) is 2.56. The highest BCUT2D eigenvalue weighted by atomic mass is 32.1. The van der Waals surface area contributed by atoms with E-state index in [1.54, 1.807) is 0 Å². The van der Waals surface area contributed by atoms with Crippen LogP contribution in [0.5, 0.6) is 0 Å². The second kappa shape index (κ2) is 5.53. The molecule has 0 bridgehead atoms. The van der Waals surface area contributed by atoms with Gasteiger partial charge in [0, 0.05) is 45.3 Å². The fraction of sp³-hybridized carbons (Fsp3) is 0.786. The van der Waals surface area contributed by atoms with Gasteiger partial charge in [-0.05, 0) is 19.3 Å². The second-order valence-electron chi connectivity index (χ2n) is 6.09. The van der Waals surface area contributed by atoms with Crippen LogP contribution < -0.4 is 5.73 Å². The first kappa shape index (κ1) is 14.7. The molecule has 6 nitrogen and oxygen atoms in total. The number of carbonyl (C=O) groups excluding carboxylic acids is 2. The summed E-state index contributed by atoms with van der Waals surface area (Å²) >= 11 is 5.20. The molecule has 0 aliphatic carbocycles. The molecular formula is C14H21N3O3S. The summed E-state index contributed by atoms with van der Waals surface area (Å²) in [4.78, 5) is 28.7. The first-order valence-corrected chi connectivity index (χ1v) is 7.92. The molecule has 21 heavy (non-hydrogen) atoms. The Hall–Kier alpha value is -1.21. The number of piperazine rings is 1. The lowest BCUT2D eigenvalue weighted by Crippen LogP contribution is -2.59. The minimum atomic E-state index is -0.752. The van der Waals surface area contributed by atoms with Crippen molar-refractivity contribution in [1.29, 1.82) is 0 Å². The molecule has 3 heterocycles. The summed E-state index contributed by atoms with van der Waals surface area (Å²) in [7, 11) is 0. The largest absolute Gasteiger partial charge is 0.392 e. The topological polar surface area (TPSA) is 75.9 Å². The first-order valence-electron chi connectivity index (χ1n) is 7.51. The number of ether oxygens (including phenoxy) is 1. The van der Waals surface area contributed by atoms with Crippen LogP contribution in [0.3, 0.4) is 0 Å². The maximum Gasteiger partial charge on any atom is 0.235 e. The molecule has 0 radical (unpaired) electrons. The van der Waals surface area contributed by atoms with E-state index in [0.717, 1.165) is 6.42 Å². The Balaban J connectivity index is 1.75. The van der Waals surface area contributed by atoms with E-state index in [4.69, 9.17) is 22.7 Å². The molecule has 2 amide bonds. The van der Waals surface area contributed by atoms with Gasteiger partial charge >= 0.3 is 0 Å². The van der Waals surface area contributed by atoms with Crippen molar-refractivity contribution in [2.45, 2.75) is 31.7 Å². The van der Waals surface area contributed by atoms with Crippen LogP contribution >= 0.6 is 12.2 Å². The lowest BCUT2D eigenvalue weighted by atomic mass is 9.78. The van der Waals surface area contributed by atoms with Gasteiger partial charge in [-0.1, -0.05) is 12.2 Å². The standard InChI is InChI=1S/C14H21N3O3S/c15-12(21)14(3-7-20-8-4-14)13(19)16-5-6-17-10(9-16)1-2-11(17)18/h10H,1-9H2,(H2,15,21). The van der Waals surface area contributed by atoms with Crippen molar-refractivity contribution in [2.24, 2.45) is 11.1 Å². The van der Waals surface area contributed by atoms with Crippen molar-refractivity contribution in [3.05, 3.63) is 0 Å². The highest BCUT2D eigenvalue weighted by Crippen LogP contribution is 2.35. The molecule has 0 aromatic heterocycles. The molecule has 0 saturated carbocycles. The number of thiocarbonyl (C=S) groups is 1. The average molecular weight is 311 g/mol. The van der Waals surface area contributed by atoms with E-state index >= 15 is 0 Å². The Morgan fingerprint density at radius 2 is 2.05 bits per heavy atom. The number of nitrogens with two attached hydrogens (primary N) is 1. The predicted molar refractivity (Wildman–Crippen MR) is 80.6 cm³/mol. The van der Waals surface area contributed by atoms with E-state index in [1.807, 2.05) is 9.80 Å². The molecule has 3 aliphatic rings. The van der Waals surface area contributed by atoms with E-state index in [2.05, 4.69) is 0 Å². The van der Waals surface area contributed by atoms with Crippen molar-refractivity contribution in [1.82, 2.24) is 9.80 Å². The molecule has 0 spiro atoms. The molecule has 7 heteroatoms. The van der Waals surface area contributed by atoms with Crippen molar-refractivity contribution in [3.8, 4) is 0 Å². The van der Waals surface area contributed by atoms with Crippen molar-refractivity contribution >= 4 is 29.0 Å². The summed E-state index contributed by atoms with van der Waals surface area (Å²) in [6, 6.07) is 0.165. The molecule has 2 N–H and O–H groups in total. The third kappa shape index (κ3) is 2.42. The van der Waals surface area contributed by atoms with E-state index in [0.29, 0.717) is 52.1 Å². The van der Waals surface area contributed by atoms with Crippen LogP contribution in [0.25, 0.3) is 0 Å². The summed E-state index contributed by atoms with van der Waals surface area (Å²) < 4.78 is 5.36. The van der Waals surface area contributed by atoms with Crippen LogP contribution in [-0.4, -0.2) is 65.5 Å². The molecule has 0 aromatic carbocycles. The van der Waals surface area contributed by atoms with Gasteiger partial charge in [0.2, 0.25) is 11.8 Å². The predicted octanol–water partition coefficient (Wildman–Crippen LogP) is -0.0975. The van der Waals surface area contributed by atoms with Gasteiger partial charge in [0.05, 0.1) is 4.99 Å². The normalized spacial score (nSPS) is 28.4. The Morgan fingerprint density at radius 3 is 2.71 bits per heavy atom. The van der Waals surface area contributed by atoms with Gasteiger partial charge in [-0.15, -0.1) is 0 Å². The van der Waals surface area contributed by atoms with Crippen LogP contribution in [-0.2, 0) is 14.3 Å². The van der Waals surface area contributed by atoms with Crippen LogP contribution in [0.1, 0.15) is 25.7 Å². The Kier molecular flexibility index (Phi) is 3.88. The summed E-state index contributed by atoms with van der Waals surface area (Å²) in [6.45, 7) is 2.84. The van der Waals surface area contributed by atoms with Crippen LogP contribution in [0, 0.1) is 5.41 Å². The zero-order chi connectivity index (χ0) is 15.0. The van der Waals surface area contributed by atoms with E-state index in [1.165, 1.54) is 0 Å². The van der Waals surface area contributed by atoms with Gasteiger partial charge in [0.15, 0.2) is 0 Å². The fourth-order valence-electron chi connectivity index (χ4n) is 3.64. The maximum atomic E-state index is 13.0. The van der Waals surface area contributed by atoms with Gasteiger partial charge in [0.1, 0.15) is 5.41 Å². The number of carbonyl (C=O) groups is 2. The van der Waals surface area contributed by atoms with Crippen molar-refractivity contribution in [2.75, 3.05) is 32.8 Å². The average Bonchev–Trinajstić information content (AvgIpc) is 2.88. The maximum absolute atomic E-state index is 13.0. The smallest absolute Gasteiger partial charge is 0.235 e.